The van der Waals surface area contributed by atoms with E-state index in [2.05, 4.69) is 6.92 Å². The maximum absolute atomic E-state index is 11.2. The zero-order valence-electron chi connectivity index (χ0n) is 11.8. The van der Waals surface area contributed by atoms with Crippen LogP contribution in [0.5, 0.6) is 0 Å². The lowest BCUT2D eigenvalue weighted by Crippen LogP contribution is -2.35. The van der Waals surface area contributed by atoms with Crippen LogP contribution in [0.1, 0.15) is 44.8 Å². The van der Waals surface area contributed by atoms with Crippen molar-refractivity contribution in [2.24, 2.45) is 5.73 Å². The van der Waals surface area contributed by atoms with Crippen LogP contribution in [0.25, 0.3) is 0 Å². The van der Waals surface area contributed by atoms with E-state index < -0.39 is 6.10 Å². The topological polar surface area (TPSA) is 66.6 Å². The van der Waals surface area contributed by atoms with Crippen molar-refractivity contribution in [3.05, 3.63) is 29.8 Å². The van der Waals surface area contributed by atoms with Crippen LogP contribution in [-0.2, 0) is 4.79 Å². The number of aliphatic hydroxyl groups is 1. The fraction of sp³-hybridized carbons (Fsp3) is 0.533. The van der Waals surface area contributed by atoms with Crippen LogP contribution >= 0.6 is 0 Å². The molecule has 1 aromatic carbocycles. The molecule has 19 heavy (non-hydrogen) atoms. The normalized spacial score (nSPS) is 12.2. The summed E-state index contributed by atoms with van der Waals surface area (Å²) in [7, 11) is 0. The molecule has 0 heterocycles. The quantitative estimate of drug-likeness (QED) is 0.756. The largest absolute Gasteiger partial charge is 0.388 e. The summed E-state index contributed by atoms with van der Waals surface area (Å²) in [5.74, 6) is -0.350. The average Bonchev–Trinajstić information content (AvgIpc) is 2.42. The molecular formula is C15H24N2O2. The van der Waals surface area contributed by atoms with Gasteiger partial charge in [-0.25, -0.2) is 0 Å². The maximum atomic E-state index is 11.2. The average molecular weight is 264 g/mol. The molecule has 0 unspecified atom stereocenters. The van der Waals surface area contributed by atoms with Gasteiger partial charge in [-0.2, -0.15) is 0 Å². The van der Waals surface area contributed by atoms with E-state index in [1.54, 1.807) is 0 Å². The first-order valence-corrected chi connectivity index (χ1v) is 6.90. The van der Waals surface area contributed by atoms with Gasteiger partial charge in [0.15, 0.2) is 0 Å². The summed E-state index contributed by atoms with van der Waals surface area (Å²) >= 11 is 0. The zero-order chi connectivity index (χ0) is 14.3. The van der Waals surface area contributed by atoms with Gasteiger partial charge >= 0.3 is 0 Å². The number of nitrogens with two attached hydrogens (primary N) is 1. The number of primary amides is 1. The molecule has 3 N–H and O–H groups in total. The third-order valence-corrected chi connectivity index (χ3v) is 3.15. The van der Waals surface area contributed by atoms with Crippen LogP contribution in [0.4, 0.5) is 5.69 Å². The Morgan fingerprint density at radius 1 is 1.37 bits per heavy atom. The Labute approximate surface area is 115 Å². The summed E-state index contributed by atoms with van der Waals surface area (Å²) in [4.78, 5) is 13.2. The Bertz CT molecular complexity index is 407. The van der Waals surface area contributed by atoms with E-state index in [0.717, 1.165) is 30.6 Å². The van der Waals surface area contributed by atoms with Crippen molar-refractivity contribution < 1.29 is 9.90 Å². The summed E-state index contributed by atoms with van der Waals surface area (Å²) in [5, 5.41) is 10.1. The zero-order valence-corrected chi connectivity index (χ0v) is 11.8. The number of nitrogens with zero attached hydrogens (tertiary/aromatic N) is 1. The van der Waals surface area contributed by atoms with E-state index in [-0.39, 0.29) is 12.5 Å². The van der Waals surface area contributed by atoms with Gasteiger partial charge in [0, 0.05) is 17.8 Å². The molecule has 1 rings (SSSR count). The highest BCUT2D eigenvalue weighted by Gasteiger charge is 2.16. The Hall–Kier alpha value is -1.55. The second kappa shape index (κ2) is 7.79. The molecule has 1 amide bonds. The van der Waals surface area contributed by atoms with Crippen LogP contribution in [0.2, 0.25) is 0 Å². The van der Waals surface area contributed by atoms with Crippen molar-refractivity contribution in [2.75, 3.05) is 18.0 Å². The highest BCUT2D eigenvalue weighted by atomic mass is 16.3. The van der Waals surface area contributed by atoms with Crippen LogP contribution in [0, 0.1) is 0 Å². The van der Waals surface area contributed by atoms with Crippen molar-refractivity contribution in [2.45, 2.75) is 39.2 Å². The predicted octanol–water partition coefficient (Wildman–Crippen LogP) is 2.22. The number of anilines is 1. The molecule has 1 atom stereocenters. The maximum Gasteiger partial charge on any atom is 0.236 e. The Kier molecular flexibility index (Phi) is 6.36. The van der Waals surface area contributed by atoms with Gasteiger partial charge in [-0.15, -0.1) is 0 Å². The van der Waals surface area contributed by atoms with Crippen molar-refractivity contribution in [1.29, 1.82) is 0 Å². The number of carbonyl (C=O) groups excluding carboxylic acids is 1. The van der Waals surface area contributed by atoms with E-state index >= 15 is 0 Å². The number of aliphatic hydroxyl groups excluding tert-OH is 1. The first kappa shape index (κ1) is 15.5. The number of para-hydroxylation sites is 1. The van der Waals surface area contributed by atoms with Gasteiger partial charge in [0.2, 0.25) is 5.91 Å². The molecule has 0 aliphatic carbocycles. The fourth-order valence-electron chi connectivity index (χ4n) is 2.10. The number of rotatable bonds is 8. The highest BCUT2D eigenvalue weighted by Crippen LogP contribution is 2.28. The molecule has 0 radical (unpaired) electrons. The minimum atomic E-state index is -0.506. The molecular weight excluding hydrogens is 240 g/mol. The lowest BCUT2D eigenvalue weighted by Gasteiger charge is -2.27. The molecule has 0 saturated carbocycles. The third-order valence-electron chi connectivity index (χ3n) is 3.15. The summed E-state index contributed by atoms with van der Waals surface area (Å²) in [6.45, 7) is 5.00. The fourth-order valence-corrected chi connectivity index (χ4v) is 2.10. The van der Waals surface area contributed by atoms with Crippen LogP contribution < -0.4 is 10.6 Å². The first-order valence-electron chi connectivity index (χ1n) is 6.90. The lowest BCUT2D eigenvalue weighted by molar-refractivity contribution is -0.116. The second-order valence-corrected chi connectivity index (χ2v) is 4.72. The van der Waals surface area contributed by atoms with Gasteiger partial charge in [-0.3, -0.25) is 4.79 Å². The Morgan fingerprint density at radius 2 is 2.05 bits per heavy atom. The van der Waals surface area contributed by atoms with Gasteiger partial charge in [0.05, 0.1) is 12.6 Å². The molecule has 0 saturated heterocycles. The summed E-state index contributed by atoms with van der Waals surface area (Å²) in [6, 6.07) is 7.66. The van der Waals surface area contributed by atoms with Crippen molar-refractivity contribution in [3.8, 4) is 0 Å². The van der Waals surface area contributed by atoms with E-state index in [1.807, 2.05) is 36.1 Å². The van der Waals surface area contributed by atoms with Crippen LogP contribution in [0.15, 0.2) is 24.3 Å². The highest BCUT2D eigenvalue weighted by molar-refractivity contribution is 5.80. The number of benzene rings is 1. The van der Waals surface area contributed by atoms with E-state index in [4.69, 9.17) is 5.73 Å². The predicted molar refractivity (Wildman–Crippen MR) is 78.0 cm³/mol. The number of hydrogen-bond donors (Lipinski definition) is 2. The van der Waals surface area contributed by atoms with Crippen molar-refractivity contribution in [1.82, 2.24) is 0 Å². The van der Waals surface area contributed by atoms with Crippen LogP contribution in [0.3, 0.4) is 0 Å². The molecule has 0 aromatic heterocycles. The molecule has 106 valence electrons. The number of amides is 1. The molecule has 4 nitrogen and oxygen atoms in total. The number of hydrogen-bond acceptors (Lipinski definition) is 3. The summed E-state index contributed by atoms with van der Waals surface area (Å²) in [6.07, 6.45) is 2.18. The van der Waals surface area contributed by atoms with E-state index in [0.29, 0.717) is 6.42 Å². The molecule has 0 aliphatic rings. The monoisotopic (exact) mass is 264 g/mol. The van der Waals surface area contributed by atoms with Gasteiger partial charge < -0.3 is 15.7 Å². The van der Waals surface area contributed by atoms with E-state index in [1.165, 1.54) is 0 Å². The molecule has 0 fully saturated rings. The van der Waals surface area contributed by atoms with Crippen molar-refractivity contribution in [3.63, 3.8) is 0 Å². The van der Waals surface area contributed by atoms with Crippen LogP contribution in [-0.4, -0.2) is 24.1 Å². The standard InChI is InChI=1S/C15H24N2O2/c1-3-5-10-17(11-15(16)19)13-9-7-6-8-12(13)14(18)4-2/h6-9,14,18H,3-5,10-11H2,1-2H3,(H2,16,19)/t14-/m1/s1. The van der Waals surface area contributed by atoms with Crippen molar-refractivity contribution >= 4 is 11.6 Å². The smallest absolute Gasteiger partial charge is 0.236 e. The summed E-state index contributed by atoms with van der Waals surface area (Å²) in [5.41, 5.74) is 7.09. The van der Waals surface area contributed by atoms with Gasteiger partial charge in [-0.1, -0.05) is 38.5 Å². The van der Waals surface area contributed by atoms with Gasteiger partial charge in [0.25, 0.3) is 0 Å². The SMILES string of the molecule is CCCCN(CC(N)=O)c1ccccc1[C@H](O)CC. The molecule has 0 aliphatic heterocycles. The Balaban J connectivity index is 3.02. The summed E-state index contributed by atoms with van der Waals surface area (Å²) < 4.78 is 0. The number of carbonyl (C=O) groups is 1. The lowest BCUT2D eigenvalue weighted by atomic mass is 10.0. The molecule has 0 spiro atoms. The van der Waals surface area contributed by atoms with E-state index in [9.17, 15) is 9.90 Å². The molecule has 0 bridgehead atoms. The minimum absolute atomic E-state index is 0.188. The molecule has 4 heteroatoms. The first-order chi connectivity index (χ1) is 9.10. The Morgan fingerprint density at radius 3 is 2.63 bits per heavy atom. The van der Waals surface area contributed by atoms with Gasteiger partial charge in [0.1, 0.15) is 0 Å². The minimum Gasteiger partial charge on any atom is -0.388 e. The van der Waals surface area contributed by atoms with Gasteiger partial charge in [-0.05, 0) is 18.9 Å². The molecule has 1 aromatic rings. The number of unbranched alkanes of at least 4 members (excludes halogenated alkanes) is 1. The third kappa shape index (κ3) is 4.56. The second-order valence-electron chi connectivity index (χ2n) is 4.72.